The first-order valence-electron chi connectivity index (χ1n) is 13.9. The van der Waals surface area contributed by atoms with Gasteiger partial charge in [0.1, 0.15) is 6.10 Å². The Morgan fingerprint density at radius 3 is 2.81 bits per heavy atom. The average molecular weight is 507 g/mol. The van der Waals surface area contributed by atoms with Crippen LogP contribution in [-0.2, 0) is 16.0 Å². The number of ether oxygens (including phenoxy) is 1. The minimum Gasteiger partial charge on any atom is -0.462 e. The van der Waals surface area contributed by atoms with Crippen molar-refractivity contribution in [2.24, 2.45) is 28.6 Å². The normalized spacial score (nSPS) is 34.6. The van der Waals surface area contributed by atoms with Gasteiger partial charge in [-0.3, -0.25) is 4.79 Å². The Morgan fingerprint density at radius 2 is 2.00 bits per heavy atom. The molecule has 2 fully saturated rings. The van der Waals surface area contributed by atoms with Crippen molar-refractivity contribution in [2.75, 3.05) is 5.32 Å². The van der Waals surface area contributed by atoms with E-state index >= 15 is 0 Å². The van der Waals surface area contributed by atoms with Gasteiger partial charge in [0, 0.05) is 24.2 Å². The molecule has 0 aromatic carbocycles. The SMILES string of the molecule is CCCCC(=O)O[C@H]1CC[C@H]2[C@@H]3CC=C4c5sc(Nc6ncccn6)nc5CC[C@]4(C)[C@H]3CC[C@]12C. The fourth-order valence-corrected chi connectivity index (χ4v) is 9.26. The second-order valence-corrected chi connectivity index (χ2v) is 12.8. The number of unbranched alkanes of at least 4 members (excludes halogenated alkanes) is 1. The summed E-state index contributed by atoms with van der Waals surface area (Å²) >= 11 is 1.76. The number of rotatable bonds is 6. The molecule has 36 heavy (non-hydrogen) atoms. The lowest BCUT2D eigenvalue weighted by atomic mass is 9.48. The molecule has 0 radical (unpaired) electrons. The summed E-state index contributed by atoms with van der Waals surface area (Å²) < 4.78 is 6.12. The van der Waals surface area contributed by atoms with Crippen LogP contribution in [0.4, 0.5) is 11.1 Å². The standard InChI is InChI=1S/C29H38N4O2S/c1-4-5-7-24(34)35-23-11-10-19-18-8-9-21-25-22(32-27(36-25)33-26-30-16-6-17-31-26)13-15-28(21,2)20(18)12-14-29(19,23)3/h6,9,16-20,23H,4-5,7-8,10-15H2,1-3H3,(H,30,31,32,33)/t18-,19-,20-,23-,28+,29-/m0/s1. The smallest absolute Gasteiger partial charge is 0.306 e. The van der Waals surface area contributed by atoms with Crippen molar-refractivity contribution >= 4 is 34.0 Å². The Hall–Kier alpha value is -2.28. The quantitative estimate of drug-likeness (QED) is 0.427. The first-order valence-corrected chi connectivity index (χ1v) is 14.7. The van der Waals surface area contributed by atoms with Crippen molar-refractivity contribution in [3.63, 3.8) is 0 Å². The van der Waals surface area contributed by atoms with Gasteiger partial charge in [-0.2, -0.15) is 0 Å². The van der Waals surface area contributed by atoms with E-state index < -0.39 is 0 Å². The number of nitrogens with one attached hydrogen (secondary N) is 1. The topological polar surface area (TPSA) is 77.0 Å². The molecule has 2 heterocycles. The van der Waals surface area contributed by atoms with E-state index in [0.717, 1.165) is 43.7 Å². The number of aryl methyl sites for hydroxylation is 1. The molecule has 0 spiro atoms. The molecule has 0 amide bonds. The average Bonchev–Trinajstić information content (AvgIpc) is 3.43. The maximum absolute atomic E-state index is 12.5. The Morgan fingerprint density at radius 1 is 1.17 bits per heavy atom. The predicted molar refractivity (Wildman–Crippen MR) is 143 cm³/mol. The number of aromatic nitrogens is 3. The van der Waals surface area contributed by atoms with Crippen LogP contribution in [0.2, 0.25) is 0 Å². The van der Waals surface area contributed by atoms with Gasteiger partial charge in [-0.1, -0.05) is 44.6 Å². The minimum absolute atomic E-state index is 0.0129. The van der Waals surface area contributed by atoms with Gasteiger partial charge in [0.15, 0.2) is 5.13 Å². The Balaban J connectivity index is 1.23. The first kappa shape index (κ1) is 24.1. The molecule has 6 rings (SSSR count). The molecule has 4 aliphatic rings. The summed E-state index contributed by atoms with van der Waals surface area (Å²) in [5.41, 5.74) is 3.07. The number of carbonyl (C=O) groups excluding carboxylic acids is 1. The summed E-state index contributed by atoms with van der Waals surface area (Å²) in [5, 5.41) is 4.20. The third kappa shape index (κ3) is 3.89. The van der Waals surface area contributed by atoms with Gasteiger partial charge in [0.25, 0.3) is 0 Å². The van der Waals surface area contributed by atoms with Crippen LogP contribution in [0.15, 0.2) is 24.5 Å². The number of fused-ring (bicyclic) bond motifs is 7. The lowest BCUT2D eigenvalue weighted by molar-refractivity contribution is -0.159. The van der Waals surface area contributed by atoms with Gasteiger partial charge in [-0.25, -0.2) is 15.0 Å². The van der Waals surface area contributed by atoms with Crippen molar-refractivity contribution < 1.29 is 9.53 Å². The van der Waals surface area contributed by atoms with Crippen molar-refractivity contribution in [3.05, 3.63) is 35.1 Å². The van der Waals surface area contributed by atoms with Crippen LogP contribution in [0.3, 0.4) is 0 Å². The Labute approximate surface area is 218 Å². The van der Waals surface area contributed by atoms with Crippen LogP contribution in [0.25, 0.3) is 5.57 Å². The van der Waals surface area contributed by atoms with Gasteiger partial charge >= 0.3 is 5.97 Å². The lowest BCUT2D eigenvalue weighted by Gasteiger charge is -2.56. The highest BCUT2D eigenvalue weighted by atomic mass is 32.1. The van der Waals surface area contributed by atoms with Crippen LogP contribution in [0.1, 0.15) is 89.1 Å². The van der Waals surface area contributed by atoms with Gasteiger partial charge < -0.3 is 10.1 Å². The summed E-state index contributed by atoms with van der Waals surface area (Å²) in [7, 11) is 0. The van der Waals surface area contributed by atoms with E-state index in [9.17, 15) is 4.79 Å². The molecule has 192 valence electrons. The van der Waals surface area contributed by atoms with Gasteiger partial charge in [0.2, 0.25) is 5.95 Å². The number of anilines is 2. The number of hydrogen-bond donors (Lipinski definition) is 1. The highest BCUT2D eigenvalue weighted by molar-refractivity contribution is 7.16. The molecule has 0 saturated heterocycles. The number of hydrogen-bond acceptors (Lipinski definition) is 7. The Bertz CT molecular complexity index is 1160. The summed E-state index contributed by atoms with van der Waals surface area (Å²) in [5.74, 6) is 2.63. The van der Waals surface area contributed by atoms with Crippen LogP contribution in [0.5, 0.6) is 0 Å². The molecule has 1 N–H and O–H groups in total. The van der Waals surface area contributed by atoms with Crippen molar-refractivity contribution in [3.8, 4) is 0 Å². The van der Waals surface area contributed by atoms with Gasteiger partial charge in [-0.15, -0.1) is 0 Å². The van der Waals surface area contributed by atoms with Crippen molar-refractivity contribution in [1.82, 2.24) is 15.0 Å². The molecule has 0 aliphatic heterocycles. The van der Waals surface area contributed by atoms with E-state index in [0.29, 0.717) is 30.1 Å². The fourth-order valence-electron chi connectivity index (χ4n) is 8.07. The van der Waals surface area contributed by atoms with E-state index in [1.54, 1.807) is 23.7 Å². The van der Waals surface area contributed by atoms with Crippen molar-refractivity contribution in [2.45, 2.75) is 91.1 Å². The number of carbonyl (C=O) groups is 1. The van der Waals surface area contributed by atoms with E-state index in [-0.39, 0.29) is 22.9 Å². The van der Waals surface area contributed by atoms with E-state index in [4.69, 9.17) is 9.72 Å². The zero-order valence-electron chi connectivity index (χ0n) is 21.8. The maximum atomic E-state index is 12.5. The summed E-state index contributed by atoms with van der Waals surface area (Å²) in [6.07, 6.45) is 16.6. The predicted octanol–water partition coefficient (Wildman–Crippen LogP) is 6.96. The number of thiazole rings is 1. The van der Waals surface area contributed by atoms with Crippen LogP contribution >= 0.6 is 11.3 Å². The Kier molecular flexibility index (Phi) is 6.17. The lowest BCUT2D eigenvalue weighted by Crippen LogP contribution is -2.50. The summed E-state index contributed by atoms with van der Waals surface area (Å²) in [4.78, 5) is 27.4. The third-order valence-corrected chi connectivity index (χ3v) is 11.0. The fraction of sp³-hybridized carbons (Fsp3) is 0.655. The summed E-state index contributed by atoms with van der Waals surface area (Å²) in [6, 6.07) is 1.82. The zero-order valence-corrected chi connectivity index (χ0v) is 22.6. The number of nitrogens with zero attached hydrogens (tertiary/aromatic N) is 3. The molecule has 0 unspecified atom stereocenters. The van der Waals surface area contributed by atoms with Crippen LogP contribution in [-0.4, -0.2) is 27.0 Å². The number of esters is 1. The molecule has 6 atom stereocenters. The molecule has 6 nitrogen and oxygen atoms in total. The minimum atomic E-state index is 0.0129. The second kappa shape index (κ2) is 9.23. The number of allylic oxidation sites excluding steroid dienone is 2. The van der Waals surface area contributed by atoms with E-state index in [1.807, 2.05) is 6.07 Å². The molecular formula is C29H38N4O2S. The van der Waals surface area contributed by atoms with Crippen LogP contribution in [0, 0.1) is 28.6 Å². The van der Waals surface area contributed by atoms with Crippen LogP contribution < -0.4 is 5.32 Å². The largest absolute Gasteiger partial charge is 0.462 e. The first-order chi connectivity index (χ1) is 17.4. The molecule has 0 bridgehead atoms. The third-order valence-electron chi connectivity index (χ3n) is 9.99. The molecular weight excluding hydrogens is 468 g/mol. The highest BCUT2D eigenvalue weighted by Crippen LogP contribution is 2.66. The van der Waals surface area contributed by atoms with Crippen molar-refractivity contribution in [1.29, 1.82) is 0 Å². The molecule has 4 aliphatic carbocycles. The second-order valence-electron chi connectivity index (χ2n) is 11.8. The molecule has 2 aromatic heterocycles. The van der Waals surface area contributed by atoms with E-state index in [1.165, 1.54) is 35.4 Å². The monoisotopic (exact) mass is 506 g/mol. The molecule has 7 heteroatoms. The van der Waals surface area contributed by atoms with Gasteiger partial charge in [0.05, 0.1) is 10.6 Å². The molecule has 2 aromatic rings. The maximum Gasteiger partial charge on any atom is 0.306 e. The van der Waals surface area contributed by atoms with Gasteiger partial charge in [-0.05, 0) is 86.2 Å². The summed E-state index contributed by atoms with van der Waals surface area (Å²) in [6.45, 7) is 7.07. The van der Waals surface area contributed by atoms with E-state index in [2.05, 4.69) is 42.1 Å². The highest BCUT2D eigenvalue weighted by Gasteiger charge is 2.60. The zero-order chi connectivity index (χ0) is 24.9. The molecule has 2 saturated carbocycles.